The second kappa shape index (κ2) is 5.10. The maximum Gasteiger partial charge on any atom is 0.242 e. The molecule has 1 aromatic rings. The standard InChI is InChI=1S/C17H30O2Si/c1-16(2,3)12-10-11-13(17(4,5)6)15(14(12)18)19-20(7,8)9/h10-11,18H,1-9H3. The van der Waals surface area contributed by atoms with Gasteiger partial charge >= 0.3 is 0 Å². The van der Waals surface area contributed by atoms with Crippen LogP contribution in [0.1, 0.15) is 52.7 Å². The number of rotatable bonds is 2. The van der Waals surface area contributed by atoms with Crippen LogP contribution in [0.25, 0.3) is 0 Å². The van der Waals surface area contributed by atoms with E-state index in [-0.39, 0.29) is 10.8 Å². The lowest BCUT2D eigenvalue weighted by atomic mass is 9.81. The van der Waals surface area contributed by atoms with Crippen LogP contribution in [0.3, 0.4) is 0 Å². The highest BCUT2D eigenvalue weighted by molar-refractivity contribution is 6.70. The lowest BCUT2D eigenvalue weighted by Gasteiger charge is -2.31. The normalized spacial score (nSPS) is 13.4. The van der Waals surface area contributed by atoms with E-state index in [2.05, 4.69) is 67.2 Å². The van der Waals surface area contributed by atoms with Crippen molar-refractivity contribution in [2.75, 3.05) is 0 Å². The Balaban J connectivity index is 3.55. The third-order valence-corrected chi connectivity index (χ3v) is 3.97. The highest BCUT2D eigenvalue weighted by Crippen LogP contribution is 2.44. The molecule has 0 aliphatic rings. The van der Waals surface area contributed by atoms with Crippen LogP contribution in [0, 0.1) is 0 Å². The molecule has 0 amide bonds. The van der Waals surface area contributed by atoms with Gasteiger partial charge in [0.1, 0.15) is 5.75 Å². The van der Waals surface area contributed by atoms with Crippen molar-refractivity contribution in [1.82, 2.24) is 0 Å². The second-order valence-corrected chi connectivity index (χ2v) is 13.0. The van der Waals surface area contributed by atoms with Crippen molar-refractivity contribution in [2.24, 2.45) is 0 Å². The van der Waals surface area contributed by atoms with Crippen LogP contribution >= 0.6 is 0 Å². The van der Waals surface area contributed by atoms with Crippen LogP contribution in [-0.2, 0) is 10.8 Å². The summed E-state index contributed by atoms with van der Waals surface area (Å²) in [5.41, 5.74) is 1.87. The SMILES string of the molecule is CC(C)(C)c1ccc(C(C)(C)C)c(O[Si](C)(C)C)c1O. The molecule has 0 heterocycles. The molecule has 0 spiro atoms. The van der Waals surface area contributed by atoms with E-state index in [4.69, 9.17) is 4.43 Å². The molecule has 0 aliphatic carbocycles. The molecule has 2 nitrogen and oxygen atoms in total. The lowest BCUT2D eigenvalue weighted by molar-refractivity contribution is 0.405. The van der Waals surface area contributed by atoms with Crippen LogP contribution in [0.2, 0.25) is 19.6 Å². The Morgan fingerprint density at radius 2 is 1.25 bits per heavy atom. The second-order valence-electron chi connectivity index (χ2n) is 8.55. The number of benzene rings is 1. The molecule has 0 bridgehead atoms. The number of aromatic hydroxyl groups is 1. The molecule has 114 valence electrons. The minimum Gasteiger partial charge on any atom is -0.542 e. The zero-order valence-corrected chi connectivity index (χ0v) is 15.5. The highest BCUT2D eigenvalue weighted by Gasteiger charge is 2.30. The van der Waals surface area contributed by atoms with Gasteiger partial charge in [-0.1, -0.05) is 53.7 Å². The largest absolute Gasteiger partial charge is 0.542 e. The molecule has 0 saturated heterocycles. The molecule has 0 fully saturated rings. The van der Waals surface area contributed by atoms with E-state index in [1.165, 1.54) is 0 Å². The van der Waals surface area contributed by atoms with Gasteiger partial charge in [0.05, 0.1) is 0 Å². The van der Waals surface area contributed by atoms with Gasteiger partial charge in [0, 0.05) is 11.1 Å². The predicted octanol–water partition coefficient (Wildman–Crippen LogP) is 5.20. The Labute approximate surface area is 125 Å². The molecule has 0 unspecified atom stereocenters. The Morgan fingerprint density at radius 3 is 1.60 bits per heavy atom. The summed E-state index contributed by atoms with van der Waals surface area (Å²) in [5.74, 6) is 0.997. The first kappa shape index (κ1) is 17.1. The first-order chi connectivity index (χ1) is 8.73. The van der Waals surface area contributed by atoms with Crippen molar-refractivity contribution in [2.45, 2.75) is 72.0 Å². The molecule has 0 radical (unpaired) electrons. The summed E-state index contributed by atoms with van der Waals surface area (Å²) < 4.78 is 6.21. The average Bonchev–Trinajstić information content (AvgIpc) is 2.15. The topological polar surface area (TPSA) is 29.5 Å². The van der Waals surface area contributed by atoms with Crippen molar-refractivity contribution < 1.29 is 9.53 Å². The van der Waals surface area contributed by atoms with Gasteiger partial charge in [-0.3, -0.25) is 0 Å². The first-order valence-electron chi connectivity index (χ1n) is 7.29. The number of hydrogen-bond acceptors (Lipinski definition) is 2. The summed E-state index contributed by atoms with van der Waals surface area (Å²) in [6.45, 7) is 19.2. The van der Waals surface area contributed by atoms with E-state index in [1.807, 2.05) is 6.07 Å². The predicted molar refractivity (Wildman–Crippen MR) is 89.5 cm³/mol. The molecular formula is C17H30O2Si. The maximum atomic E-state index is 10.7. The number of phenolic OH excluding ortho intramolecular Hbond substituents is 1. The van der Waals surface area contributed by atoms with Gasteiger partial charge in [-0.25, -0.2) is 0 Å². The smallest absolute Gasteiger partial charge is 0.242 e. The molecule has 0 atom stereocenters. The van der Waals surface area contributed by atoms with Crippen LogP contribution in [0.15, 0.2) is 12.1 Å². The molecule has 20 heavy (non-hydrogen) atoms. The summed E-state index contributed by atoms with van der Waals surface area (Å²) in [7, 11) is -1.78. The van der Waals surface area contributed by atoms with Crippen LogP contribution < -0.4 is 4.43 Å². The monoisotopic (exact) mass is 294 g/mol. The number of hydrogen-bond donors (Lipinski definition) is 1. The molecule has 0 aromatic heterocycles. The van der Waals surface area contributed by atoms with Crippen LogP contribution in [0.5, 0.6) is 11.5 Å². The van der Waals surface area contributed by atoms with Gasteiger partial charge in [-0.15, -0.1) is 0 Å². The summed E-state index contributed by atoms with van der Waals surface area (Å²) in [4.78, 5) is 0. The minimum atomic E-state index is -1.78. The van der Waals surface area contributed by atoms with Crippen molar-refractivity contribution in [3.05, 3.63) is 23.3 Å². The molecule has 1 aromatic carbocycles. The van der Waals surface area contributed by atoms with Gasteiger partial charge in [0.2, 0.25) is 8.32 Å². The summed E-state index contributed by atoms with van der Waals surface area (Å²) in [6.07, 6.45) is 0. The molecular weight excluding hydrogens is 264 g/mol. The van der Waals surface area contributed by atoms with E-state index >= 15 is 0 Å². The molecule has 1 N–H and O–H groups in total. The van der Waals surface area contributed by atoms with Gasteiger partial charge in [0.15, 0.2) is 5.75 Å². The molecule has 3 heteroatoms. The molecule has 0 saturated carbocycles. The molecule has 1 rings (SSSR count). The maximum absolute atomic E-state index is 10.7. The summed E-state index contributed by atoms with van der Waals surface area (Å²) in [5, 5.41) is 10.7. The van der Waals surface area contributed by atoms with Gasteiger partial charge in [0.25, 0.3) is 0 Å². The van der Waals surface area contributed by atoms with E-state index in [9.17, 15) is 5.11 Å². The first-order valence-corrected chi connectivity index (χ1v) is 10.7. The van der Waals surface area contributed by atoms with Gasteiger partial charge in [-0.05, 0) is 30.5 Å². The fourth-order valence-electron chi connectivity index (χ4n) is 2.18. The Hall–Kier alpha value is -0.963. The fraction of sp³-hybridized carbons (Fsp3) is 0.647. The van der Waals surface area contributed by atoms with Crippen molar-refractivity contribution in [1.29, 1.82) is 0 Å². The van der Waals surface area contributed by atoms with E-state index < -0.39 is 8.32 Å². The Morgan fingerprint density at radius 1 is 0.850 bits per heavy atom. The molecule has 0 aliphatic heterocycles. The third-order valence-electron chi connectivity index (χ3n) is 3.16. The minimum absolute atomic E-state index is 0.0527. The van der Waals surface area contributed by atoms with Gasteiger partial charge in [-0.2, -0.15) is 0 Å². The average molecular weight is 295 g/mol. The Bertz CT molecular complexity index is 485. The Kier molecular flexibility index (Phi) is 4.36. The van der Waals surface area contributed by atoms with Gasteiger partial charge < -0.3 is 9.53 Å². The zero-order chi connectivity index (χ0) is 15.9. The van der Waals surface area contributed by atoms with E-state index in [0.29, 0.717) is 11.5 Å². The summed E-state index contributed by atoms with van der Waals surface area (Å²) >= 11 is 0. The summed E-state index contributed by atoms with van der Waals surface area (Å²) in [6, 6.07) is 4.14. The van der Waals surface area contributed by atoms with Crippen molar-refractivity contribution >= 4 is 8.32 Å². The van der Waals surface area contributed by atoms with E-state index in [0.717, 1.165) is 11.1 Å². The number of phenols is 1. The fourth-order valence-corrected chi connectivity index (χ4v) is 3.00. The lowest BCUT2D eigenvalue weighted by Crippen LogP contribution is -2.31. The highest BCUT2D eigenvalue weighted by atomic mass is 28.4. The van der Waals surface area contributed by atoms with Crippen LogP contribution in [-0.4, -0.2) is 13.4 Å². The third kappa shape index (κ3) is 4.01. The van der Waals surface area contributed by atoms with Crippen LogP contribution in [0.4, 0.5) is 0 Å². The van der Waals surface area contributed by atoms with Crippen molar-refractivity contribution in [3.63, 3.8) is 0 Å². The van der Waals surface area contributed by atoms with Crippen molar-refractivity contribution in [3.8, 4) is 11.5 Å². The van der Waals surface area contributed by atoms with E-state index in [1.54, 1.807) is 0 Å². The quantitative estimate of drug-likeness (QED) is 0.760. The zero-order valence-electron chi connectivity index (χ0n) is 14.5.